The Morgan fingerprint density at radius 3 is 2.54 bits per heavy atom. The Morgan fingerprint density at radius 2 is 1.88 bits per heavy atom. The highest BCUT2D eigenvalue weighted by atomic mass is 16.3. The SMILES string of the molecule is CC(C)(C)CC(C)(C)c1ccc(O)c([N+]2=NC3C=CC=CC3=N2)c1. The topological polar surface area (TPSA) is 48.0 Å². The Balaban J connectivity index is 1.98. The lowest BCUT2D eigenvalue weighted by atomic mass is 9.72. The molecule has 0 saturated heterocycles. The number of rotatable bonds is 3. The number of hydrogen-bond acceptors (Lipinski definition) is 3. The van der Waals surface area contributed by atoms with Gasteiger partial charge in [0, 0.05) is 16.3 Å². The second kappa shape index (κ2) is 5.69. The van der Waals surface area contributed by atoms with E-state index in [4.69, 9.17) is 0 Å². The number of allylic oxidation sites excluding steroid dienone is 2. The van der Waals surface area contributed by atoms with E-state index in [0.29, 0.717) is 5.69 Å². The highest BCUT2D eigenvalue weighted by molar-refractivity contribution is 6.01. The van der Waals surface area contributed by atoms with Gasteiger partial charge in [-0.3, -0.25) is 0 Å². The molecule has 2 aliphatic rings. The largest absolute Gasteiger partial charge is 0.502 e. The van der Waals surface area contributed by atoms with E-state index in [0.717, 1.165) is 12.1 Å². The molecule has 24 heavy (non-hydrogen) atoms. The van der Waals surface area contributed by atoms with Gasteiger partial charge in [-0.2, -0.15) is 0 Å². The summed E-state index contributed by atoms with van der Waals surface area (Å²) in [6.45, 7) is 11.2. The van der Waals surface area contributed by atoms with Crippen molar-refractivity contribution in [2.24, 2.45) is 15.6 Å². The first kappa shape index (κ1) is 16.6. The maximum absolute atomic E-state index is 10.3. The van der Waals surface area contributed by atoms with Crippen LogP contribution < -0.4 is 0 Å². The van der Waals surface area contributed by atoms with Crippen molar-refractivity contribution >= 4 is 11.4 Å². The van der Waals surface area contributed by atoms with Crippen LogP contribution in [-0.4, -0.2) is 21.7 Å². The minimum absolute atomic E-state index is 0.000132. The first-order valence-corrected chi connectivity index (χ1v) is 8.43. The van der Waals surface area contributed by atoms with Crippen molar-refractivity contribution in [1.82, 2.24) is 0 Å². The van der Waals surface area contributed by atoms with E-state index < -0.39 is 0 Å². The second-order valence-electron chi connectivity index (χ2n) is 8.44. The molecular formula is C20H26N3O+. The van der Waals surface area contributed by atoms with E-state index in [2.05, 4.69) is 44.8 Å². The molecule has 1 N–H and O–H groups in total. The number of fused-ring (bicyclic) bond motifs is 1. The molecule has 0 amide bonds. The minimum Gasteiger partial charge on any atom is -0.502 e. The summed E-state index contributed by atoms with van der Waals surface area (Å²) in [7, 11) is 0. The molecule has 0 radical (unpaired) electrons. The molecule has 1 aliphatic heterocycles. The van der Waals surface area contributed by atoms with Gasteiger partial charge in [0.15, 0.2) is 11.8 Å². The van der Waals surface area contributed by atoms with Crippen LogP contribution in [0, 0.1) is 5.41 Å². The number of azo groups is 1. The van der Waals surface area contributed by atoms with Gasteiger partial charge in [0.25, 0.3) is 0 Å². The molecule has 0 aromatic heterocycles. The lowest BCUT2D eigenvalue weighted by molar-refractivity contribution is -0.513. The van der Waals surface area contributed by atoms with Crippen molar-refractivity contribution < 1.29 is 9.91 Å². The standard InChI is InChI=1S/C20H25N3O/c1-19(2,3)13-20(4,5)14-10-11-18(24)17(12-14)23-21-15-8-6-7-9-16(15)22-23/h6-12,15H,13H2,1-5H3/p+1. The molecule has 0 saturated carbocycles. The molecule has 3 rings (SSSR count). The zero-order valence-electron chi connectivity index (χ0n) is 15.1. The van der Waals surface area contributed by atoms with Crippen molar-refractivity contribution in [2.75, 3.05) is 0 Å². The van der Waals surface area contributed by atoms with Gasteiger partial charge in [0.05, 0.1) is 4.81 Å². The Hall–Kier alpha value is -2.23. The van der Waals surface area contributed by atoms with Gasteiger partial charge >= 0.3 is 5.69 Å². The average molecular weight is 324 g/mol. The van der Waals surface area contributed by atoms with Gasteiger partial charge in [0.1, 0.15) is 5.71 Å². The minimum atomic E-state index is -0.0550. The van der Waals surface area contributed by atoms with Crippen LogP contribution in [-0.2, 0) is 5.41 Å². The Bertz CT molecular complexity index is 777. The summed E-state index contributed by atoms with van der Waals surface area (Å²) in [5.41, 5.74) is 2.95. The predicted molar refractivity (Wildman–Crippen MR) is 97.1 cm³/mol. The quantitative estimate of drug-likeness (QED) is 0.776. The molecule has 0 fully saturated rings. The number of hydrazone groups is 1. The highest BCUT2D eigenvalue weighted by Gasteiger charge is 2.33. The van der Waals surface area contributed by atoms with Crippen LogP contribution in [0.4, 0.5) is 5.69 Å². The lowest BCUT2D eigenvalue weighted by Gasteiger charge is -2.32. The Kier molecular flexibility index (Phi) is 3.94. The third kappa shape index (κ3) is 3.32. The summed E-state index contributed by atoms with van der Waals surface area (Å²) in [5.74, 6) is 0.199. The van der Waals surface area contributed by atoms with E-state index in [1.165, 1.54) is 5.56 Å². The fraction of sp³-hybridized carbons (Fsp3) is 0.450. The zero-order chi connectivity index (χ0) is 17.5. The molecule has 1 aromatic rings. The normalized spacial score (nSPS) is 20.0. The van der Waals surface area contributed by atoms with E-state index in [9.17, 15) is 5.11 Å². The van der Waals surface area contributed by atoms with Gasteiger partial charge in [-0.1, -0.05) is 52.8 Å². The maximum atomic E-state index is 10.3. The Labute approximate surface area is 143 Å². The van der Waals surface area contributed by atoms with Crippen LogP contribution in [0.5, 0.6) is 5.75 Å². The summed E-state index contributed by atoms with van der Waals surface area (Å²) in [6, 6.07) is 5.71. The third-order valence-electron chi connectivity index (χ3n) is 4.36. The van der Waals surface area contributed by atoms with Gasteiger partial charge in [-0.15, -0.1) is 0 Å². The fourth-order valence-corrected chi connectivity index (χ4v) is 3.61. The smallest absolute Gasteiger partial charge is 0.309 e. The van der Waals surface area contributed by atoms with Gasteiger partial charge in [-0.05, 0) is 41.0 Å². The number of nitrogens with zero attached hydrogens (tertiary/aromatic N) is 3. The molecule has 0 spiro atoms. The molecule has 126 valence electrons. The molecule has 1 unspecified atom stereocenters. The number of benzene rings is 1. The van der Waals surface area contributed by atoms with Crippen LogP contribution >= 0.6 is 0 Å². The number of phenols is 1. The number of aromatic hydroxyl groups is 1. The second-order valence-corrected chi connectivity index (χ2v) is 8.44. The highest BCUT2D eigenvalue weighted by Crippen LogP contribution is 2.40. The zero-order valence-corrected chi connectivity index (χ0v) is 15.1. The van der Waals surface area contributed by atoms with Gasteiger partial charge in [0.2, 0.25) is 0 Å². The van der Waals surface area contributed by atoms with Gasteiger partial charge in [-0.25, -0.2) is 0 Å². The molecule has 4 nitrogen and oxygen atoms in total. The van der Waals surface area contributed by atoms with E-state index in [1.807, 2.05) is 36.4 Å². The van der Waals surface area contributed by atoms with Gasteiger partial charge < -0.3 is 5.11 Å². The molecule has 1 aliphatic carbocycles. The van der Waals surface area contributed by atoms with Crippen LogP contribution in [0.15, 0.2) is 52.7 Å². The Morgan fingerprint density at radius 1 is 1.12 bits per heavy atom. The van der Waals surface area contributed by atoms with Crippen molar-refractivity contribution in [2.45, 2.75) is 52.5 Å². The van der Waals surface area contributed by atoms with Crippen molar-refractivity contribution in [1.29, 1.82) is 0 Å². The summed E-state index contributed by atoms with van der Waals surface area (Å²) in [4.78, 5) is 1.56. The average Bonchev–Trinajstić information content (AvgIpc) is 2.88. The molecule has 1 aromatic carbocycles. The maximum Gasteiger partial charge on any atom is 0.309 e. The number of hydrogen-bond donors (Lipinski definition) is 1. The van der Waals surface area contributed by atoms with Crippen LogP contribution in [0.1, 0.15) is 46.6 Å². The van der Waals surface area contributed by atoms with E-state index >= 15 is 0 Å². The van der Waals surface area contributed by atoms with Crippen molar-refractivity contribution in [3.63, 3.8) is 0 Å². The predicted octanol–water partition coefficient (Wildman–Crippen LogP) is 5.07. The summed E-state index contributed by atoms with van der Waals surface area (Å²) in [5, 5.41) is 19.4. The summed E-state index contributed by atoms with van der Waals surface area (Å²) >= 11 is 0. The van der Waals surface area contributed by atoms with E-state index in [1.54, 1.807) is 10.9 Å². The van der Waals surface area contributed by atoms with Crippen molar-refractivity contribution in [3.05, 3.63) is 48.1 Å². The molecule has 4 heteroatoms. The molecule has 1 atom stereocenters. The molecular weight excluding hydrogens is 298 g/mol. The van der Waals surface area contributed by atoms with Crippen molar-refractivity contribution in [3.8, 4) is 5.75 Å². The third-order valence-corrected chi connectivity index (χ3v) is 4.36. The molecule has 0 bridgehead atoms. The monoisotopic (exact) mass is 324 g/mol. The summed E-state index contributed by atoms with van der Waals surface area (Å²) < 4.78 is 0. The van der Waals surface area contributed by atoms with Crippen LogP contribution in [0.2, 0.25) is 0 Å². The fourth-order valence-electron chi connectivity index (χ4n) is 3.61. The summed E-state index contributed by atoms with van der Waals surface area (Å²) in [6.07, 6.45) is 8.93. The van der Waals surface area contributed by atoms with Crippen LogP contribution in [0.3, 0.4) is 0 Å². The first-order chi connectivity index (χ1) is 11.2. The molecule has 1 heterocycles. The van der Waals surface area contributed by atoms with Crippen LogP contribution in [0.25, 0.3) is 0 Å². The first-order valence-electron chi connectivity index (χ1n) is 8.43. The van der Waals surface area contributed by atoms with E-state index in [-0.39, 0.29) is 22.6 Å². The lowest BCUT2D eigenvalue weighted by Crippen LogP contribution is -2.24. The number of phenolic OH excluding ortho intramolecular Hbond substituents is 1.